The van der Waals surface area contributed by atoms with Crippen molar-refractivity contribution in [3.63, 3.8) is 0 Å². The zero-order valence-corrected chi connectivity index (χ0v) is 20.8. The van der Waals surface area contributed by atoms with E-state index in [1.54, 1.807) is 53.1 Å². The number of anilines is 1. The first-order chi connectivity index (χ1) is 15.7. The number of nitrogens with one attached hydrogen (secondary N) is 2. The minimum Gasteiger partial charge on any atom is -0.342 e. The molecule has 1 heterocycles. The van der Waals surface area contributed by atoms with Crippen LogP contribution in [0.15, 0.2) is 53.7 Å². The molecule has 7 nitrogen and oxygen atoms in total. The van der Waals surface area contributed by atoms with E-state index in [1.165, 1.54) is 11.8 Å². The van der Waals surface area contributed by atoms with Crippen molar-refractivity contribution in [1.29, 1.82) is 0 Å². The molecule has 3 aromatic rings. The Hall–Kier alpha value is -2.55. The van der Waals surface area contributed by atoms with E-state index in [1.807, 2.05) is 7.05 Å². The monoisotopic (exact) mass is 505 g/mol. The summed E-state index contributed by atoms with van der Waals surface area (Å²) >= 11 is 13.3. The van der Waals surface area contributed by atoms with Gasteiger partial charge in [0.2, 0.25) is 5.91 Å². The molecule has 0 fully saturated rings. The van der Waals surface area contributed by atoms with Gasteiger partial charge >= 0.3 is 0 Å². The van der Waals surface area contributed by atoms with Crippen molar-refractivity contribution < 1.29 is 9.59 Å². The second-order valence-corrected chi connectivity index (χ2v) is 9.67. The van der Waals surface area contributed by atoms with Gasteiger partial charge in [-0.3, -0.25) is 9.59 Å². The van der Waals surface area contributed by atoms with E-state index in [9.17, 15) is 9.59 Å². The van der Waals surface area contributed by atoms with Gasteiger partial charge in [-0.15, -0.1) is 10.2 Å². The Balaban J connectivity index is 1.68. The van der Waals surface area contributed by atoms with Gasteiger partial charge in [-0.1, -0.05) is 60.9 Å². The highest BCUT2D eigenvalue weighted by molar-refractivity contribution is 7.99. The van der Waals surface area contributed by atoms with E-state index in [2.05, 4.69) is 34.7 Å². The average Bonchev–Trinajstić information content (AvgIpc) is 3.13. The molecule has 0 aliphatic heterocycles. The molecular formula is C23H25Cl2N5O2S. The van der Waals surface area contributed by atoms with Crippen LogP contribution in [0.4, 0.5) is 5.69 Å². The summed E-state index contributed by atoms with van der Waals surface area (Å²) in [6.07, 6.45) is 0.671. The second kappa shape index (κ2) is 11.5. The number of hydrogen-bond acceptors (Lipinski definition) is 5. The summed E-state index contributed by atoms with van der Waals surface area (Å²) in [6, 6.07) is 13.5. The highest BCUT2D eigenvalue weighted by Gasteiger charge is 2.24. The largest absolute Gasteiger partial charge is 0.342 e. The maximum Gasteiger partial charge on any atom is 0.253 e. The SMILES string of the molecule is CC(C)C[C@@H](NC(=O)c1ccccc1Cl)c1nnc(SCC(=O)Nc2ccc(Cl)cc2)n1C. The Morgan fingerprint density at radius 2 is 1.76 bits per heavy atom. The minimum absolute atomic E-state index is 0.162. The molecule has 33 heavy (non-hydrogen) atoms. The molecule has 0 spiro atoms. The van der Waals surface area contributed by atoms with Gasteiger partial charge in [0.1, 0.15) is 0 Å². The fourth-order valence-electron chi connectivity index (χ4n) is 3.20. The zero-order valence-electron chi connectivity index (χ0n) is 18.5. The Kier molecular flexibility index (Phi) is 8.77. The molecule has 1 atom stereocenters. The maximum absolute atomic E-state index is 12.8. The van der Waals surface area contributed by atoms with Crippen LogP contribution in [0.5, 0.6) is 0 Å². The van der Waals surface area contributed by atoms with Crippen LogP contribution in [-0.4, -0.2) is 32.3 Å². The van der Waals surface area contributed by atoms with Gasteiger partial charge in [0.05, 0.1) is 22.4 Å². The number of amides is 2. The second-order valence-electron chi connectivity index (χ2n) is 7.88. The number of benzene rings is 2. The fraction of sp³-hybridized carbons (Fsp3) is 0.304. The molecule has 1 aromatic heterocycles. The van der Waals surface area contributed by atoms with Crippen molar-refractivity contribution in [2.24, 2.45) is 13.0 Å². The molecular weight excluding hydrogens is 481 g/mol. The van der Waals surface area contributed by atoms with Crippen molar-refractivity contribution in [3.8, 4) is 0 Å². The lowest BCUT2D eigenvalue weighted by atomic mass is 10.0. The highest BCUT2D eigenvalue weighted by atomic mass is 35.5. The molecule has 174 valence electrons. The Bertz CT molecular complexity index is 1120. The summed E-state index contributed by atoms with van der Waals surface area (Å²) in [5, 5.41) is 16.0. The fourth-order valence-corrected chi connectivity index (χ4v) is 4.26. The van der Waals surface area contributed by atoms with Crippen molar-refractivity contribution >= 4 is 52.5 Å². The molecule has 2 N–H and O–H groups in total. The molecule has 0 aliphatic carbocycles. The van der Waals surface area contributed by atoms with Crippen LogP contribution >= 0.6 is 35.0 Å². The first-order valence-electron chi connectivity index (χ1n) is 10.4. The summed E-state index contributed by atoms with van der Waals surface area (Å²) in [7, 11) is 1.82. The lowest BCUT2D eigenvalue weighted by Crippen LogP contribution is -2.31. The van der Waals surface area contributed by atoms with Crippen molar-refractivity contribution in [2.45, 2.75) is 31.5 Å². The Labute approximate surface area is 207 Å². The average molecular weight is 506 g/mol. The standard InChI is InChI=1S/C23H25Cl2N5O2S/c1-14(2)12-19(27-22(32)17-6-4-5-7-18(17)25)21-28-29-23(30(21)3)33-13-20(31)26-16-10-8-15(24)9-11-16/h4-11,14,19H,12-13H2,1-3H3,(H,26,31)(H,27,32)/t19-/m1/s1. The van der Waals surface area contributed by atoms with Gasteiger partial charge in [-0.05, 0) is 48.7 Å². The molecule has 3 rings (SSSR count). The third-order valence-electron chi connectivity index (χ3n) is 4.77. The van der Waals surface area contributed by atoms with E-state index in [4.69, 9.17) is 23.2 Å². The number of halogens is 2. The molecule has 0 aliphatic rings. The van der Waals surface area contributed by atoms with Crippen LogP contribution in [0.3, 0.4) is 0 Å². The minimum atomic E-state index is -0.358. The first-order valence-corrected chi connectivity index (χ1v) is 12.1. The number of carbonyl (C=O) groups is 2. The Morgan fingerprint density at radius 3 is 2.42 bits per heavy atom. The number of thioether (sulfide) groups is 1. The number of hydrogen-bond donors (Lipinski definition) is 2. The molecule has 2 amide bonds. The molecule has 0 saturated heterocycles. The van der Waals surface area contributed by atoms with Gasteiger partial charge in [0, 0.05) is 17.8 Å². The number of aromatic nitrogens is 3. The summed E-state index contributed by atoms with van der Waals surface area (Å²) in [5.41, 5.74) is 1.08. The van der Waals surface area contributed by atoms with Crippen LogP contribution in [0.25, 0.3) is 0 Å². The third kappa shape index (κ3) is 6.96. The van der Waals surface area contributed by atoms with Gasteiger partial charge < -0.3 is 15.2 Å². The summed E-state index contributed by atoms with van der Waals surface area (Å²) < 4.78 is 1.81. The molecule has 10 heteroatoms. The van der Waals surface area contributed by atoms with Gasteiger partial charge in [-0.25, -0.2) is 0 Å². The van der Waals surface area contributed by atoms with Crippen LogP contribution < -0.4 is 10.6 Å². The summed E-state index contributed by atoms with van der Waals surface area (Å²) in [5.74, 6) is 0.641. The Morgan fingerprint density at radius 1 is 1.06 bits per heavy atom. The molecule has 2 aromatic carbocycles. The van der Waals surface area contributed by atoms with E-state index in [-0.39, 0.29) is 23.6 Å². The lowest BCUT2D eigenvalue weighted by molar-refractivity contribution is -0.113. The van der Waals surface area contributed by atoms with Crippen LogP contribution in [-0.2, 0) is 11.8 Å². The molecule has 0 bridgehead atoms. The number of carbonyl (C=O) groups excluding carboxylic acids is 2. The quantitative estimate of drug-likeness (QED) is 0.381. The van der Waals surface area contributed by atoms with Crippen LogP contribution in [0.2, 0.25) is 10.0 Å². The lowest BCUT2D eigenvalue weighted by Gasteiger charge is -2.20. The zero-order chi connectivity index (χ0) is 24.0. The third-order valence-corrected chi connectivity index (χ3v) is 6.37. The predicted octanol–water partition coefficient (Wildman–Crippen LogP) is 5.37. The predicted molar refractivity (Wildman–Crippen MR) is 133 cm³/mol. The molecule has 0 unspecified atom stereocenters. The number of rotatable bonds is 9. The summed E-state index contributed by atoms with van der Waals surface area (Å²) in [4.78, 5) is 25.1. The van der Waals surface area contributed by atoms with Crippen LogP contribution in [0, 0.1) is 5.92 Å². The van der Waals surface area contributed by atoms with Crippen molar-refractivity contribution in [3.05, 3.63) is 70.0 Å². The summed E-state index contributed by atoms with van der Waals surface area (Å²) in [6.45, 7) is 4.14. The smallest absolute Gasteiger partial charge is 0.253 e. The first kappa shape index (κ1) is 25.1. The molecule has 0 saturated carbocycles. The van der Waals surface area contributed by atoms with E-state index in [0.717, 1.165) is 0 Å². The van der Waals surface area contributed by atoms with Gasteiger partial charge in [0.25, 0.3) is 5.91 Å². The number of nitrogens with zero attached hydrogens (tertiary/aromatic N) is 3. The van der Waals surface area contributed by atoms with Gasteiger partial charge in [-0.2, -0.15) is 0 Å². The normalized spacial score (nSPS) is 11.9. The van der Waals surface area contributed by atoms with Crippen molar-refractivity contribution in [1.82, 2.24) is 20.1 Å². The van der Waals surface area contributed by atoms with Crippen molar-refractivity contribution in [2.75, 3.05) is 11.1 Å². The molecule has 0 radical (unpaired) electrons. The topological polar surface area (TPSA) is 88.9 Å². The van der Waals surface area contributed by atoms with E-state index >= 15 is 0 Å². The highest BCUT2D eigenvalue weighted by Crippen LogP contribution is 2.25. The van der Waals surface area contributed by atoms with E-state index < -0.39 is 0 Å². The van der Waals surface area contributed by atoms with E-state index in [0.29, 0.717) is 44.6 Å². The van der Waals surface area contributed by atoms with Gasteiger partial charge in [0.15, 0.2) is 11.0 Å². The maximum atomic E-state index is 12.8. The van der Waals surface area contributed by atoms with Crippen LogP contribution in [0.1, 0.15) is 42.5 Å².